The summed E-state index contributed by atoms with van der Waals surface area (Å²) in [4.78, 5) is 11.9. The summed E-state index contributed by atoms with van der Waals surface area (Å²) in [6.07, 6.45) is 18.7. The van der Waals surface area contributed by atoms with Gasteiger partial charge in [0.05, 0.1) is 0 Å². The molecule has 0 aliphatic rings. The number of hydrogen-bond acceptors (Lipinski definition) is 3. The molecule has 0 fully saturated rings. The van der Waals surface area contributed by atoms with Gasteiger partial charge in [0.1, 0.15) is 24.7 Å². The smallest absolute Gasteiger partial charge is 0.178 e. The highest BCUT2D eigenvalue weighted by molar-refractivity contribution is 6.01. The number of benzene rings is 2. The van der Waals surface area contributed by atoms with E-state index in [1.807, 2.05) is 54.6 Å². The maximum absolute atomic E-state index is 11.9. The summed E-state index contributed by atoms with van der Waals surface area (Å²) in [6.45, 7) is 0.504. The van der Waals surface area contributed by atoms with Crippen LogP contribution in [-0.4, -0.2) is 19.0 Å². The Morgan fingerprint density at radius 1 is 0.857 bits per heavy atom. The number of hydrogen-bond donors (Lipinski definition) is 0. The van der Waals surface area contributed by atoms with Crippen molar-refractivity contribution in [1.82, 2.24) is 0 Å². The van der Waals surface area contributed by atoms with E-state index in [2.05, 4.69) is 11.8 Å². The van der Waals surface area contributed by atoms with Crippen molar-refractivity contribution in [1.29, 1.82) is 0 Å². The quantitative estimate of drug-likeness (QED) is 0.457. The van der Waals surface area contributed by atoms with Crippen LogP contribution in [0, 0.1) is 24.7 Å². The van der Waals surface area contributed by atoms with Crippen molar-refractivity contribution in [3.8, 4) is 36.2 Å². The Balaban J connectivity index is 1.75. The minimum atomic E-state index is -0.0503. The molecule has 2 rings (SSSR count). The first kappa shape index (κ1) is 20.6. The second kappa shape index (κ2) is 11.8. The molecule has 0 aliphatic heterocycles. The van der Waals surface area contributed by atoms with Crippen LogP contribution in [0.3, 0.4) is 0 Å². The van der Waals surface area contributed by atoms with Crippen LogP contribution in [0.1, 0.15) is 17.5 Å². The Labute approximate surface area is 166 Å². The highest BCUT2D eigenvalue weighted by Crippen LogP contribution is 2.14. The lowest BCUT2D eigenvalue weighted by molar-refractivity contribution is -0.110. The first-order valence-electron chi connectivity index (χ1n) is 8.91. The molecule has 0 amide bonds. The van der Waals surface area contributed by atoms with E-state index >= 15 is 0 Å². The van der Waals surface area contributed by atoms with Gasteiger partial charge in [-0.2, -0.15) is 0 Å². The number of aryl methyl sites for hydroxylation is 1. The van der Waals surface area contributed by atoms with E-state index in [0.717, 1.165) is 24.2 Å². The van der Waals surface area contributed by atoms with E-state index < -0.39 is 0 Å². The molecule has 2 aromatic rings. The predicted octanol–water partition coefficient (Wildman–Crippen LogP) is 4.48. The molecule has 0 saturated carbocycles. The van der Waals surface area contributed by atoms with Gasteiger partial charge in [0.15, 0.2) is 5.78 Å². The fourth-order valence-corrected chi connectivity index (χ4v) is 2.36. The van der Waals surface area contributed by atoms with Crippen LogP contribution < -0.4 is 9.47 Å². The number of rotatable bonds is 10. The molecule has 3 heteroatoms. The topological polar surface area (TPSA) is 35.5 Å². The normalized spacial score (nSPS) is 10.5. The summed E-state index contributed by atoms with van der Waals surface area (Å²) < 4.78 is 10.6. The second-order valence-electron chi connectivity index (χ2n) is 5.88. The molecule has 0 radical (unpaired) electrons. The van der Waals surface area contributed by atoms with Crippen molar-refractivity contribution in [3.63, 3.8) is 0 Å². The number of allylic oxidation sites excluding steroid dienone is 3. The molecule has 0 atom stereocenters. The Morgan fingerprint density at radius 2 is 1.43 bits per heavy atom. The molecular weight excluding hydrogens is 348 g/mol. The van der Waals surface area contributed by atoms with Gasteiger partial charge in [-0.15, -0.1) is 12.8 Å². The highest BCUT2D eigenvalue weighted by atomic mass is 16.5. The predicted molar refractivity (Wildman–Crippen MR) is 113 cm³/mol. The Morgan fingerprint density at radius 3 is 2.00 bits per heavy atom. The van der Waals surface area contributed by atoms with E-state index in [1.165, 1.54) is 5.56 Å². The Bertz CT molecular complexity index is 889. The van der Waals surface area contributed by atoms with Gasteiger partial charge in [-0.05, 0) is 60.4 Å². The number of carbonyl (C=O) groups is 1. The minimum Gasteiger partial charge on any atom is -0.481 e. The van der Waals surface area contributed by atoms with Crippen LogP contribution in [-0.2, 0) is 11.2 Å². The van der Waals surface area contributed by atoms with E-state index in [0.29, 0.717) is 5.75 Å². The number of ether oxygens (including phenoxy) is 2. The first-order chi connectivity index (χ1) is 13.7. The van der Waals surface area contributed by atoms with E-state index in [-0.39, 0.29) is 19.0 Å². The van der Waals surface area contributed by atoms with Gasteiger partial charge >= 0.3 is 0 Å². The molecular formula is C25H22O3. The zero-order chi connectivity index (χ0) is 20.0. The van der Waals surface area contributed by atoms with Crippen molar-refractivity contribution in [2.45, 2.75) is 12.8 Å². The Kier molecular flexibility index (Phi) is 8.72. The molecule has 0 unspecified atom stereocenters. The molecule has 0 saturated heterocycles. The minimum absolute atomic E-state index is 0.0503. The van der Waals surface area contributed by atoms with Crippen molar-refractivity contribution >= 4 is 11.9 Å². The van der Waals surface area contributed by atoms with Crippen LogP contribution in [0.25, 0.3) is 6.08 Å². The van der Waals surface area contributed by atoms with E-state index in [9.17, 15) is 4.79 Å². The zero-order valence-electron chi connectivity index (χ0n) is 15.6. The summed E-state index contributed by atoms with van der Waals surface area (Å²) in [7, 11) is 0. The lowest BCUT2D eigenvalue weighted by Gasteiger charge is -2.03. The van der Waals surface area contributed by atoms with Gasteiger partial charge < -0.3 is 9.47 Å². The molecule has 3 nitrogen and oxygen atoms in total. The summed E-state index contributed by atoms with van der Waals surface area (Å²) in [5.41, 5.74) is 2.09. The van der Waals surface area contributed by atoms with Gasteiger partial charge in [0.25, 0.3) is 0 Å². The van der Waals surface area contributed by atoms with Crippen LogP contribution in [0.4, 0.5) is 0 Å². The molecule has 0 heterocycles. The van der Waals surface area contributed by atoms with Crippen molar-refractivity contribution in [2.75, 3.05) is 13.2 Å². The summed E-state index contributed by atoms with van der Waals surface area (Å²) in [5.74, 6) is 6.26. The molecule has 2 aromatic carbocycles. The van der Waals surface area contributed by atoms with Gasteiger partial charge in [0.2, 0.25) is 0 Å². The molecule has 0 aliphatic carbocycles. The van der Waals surface area contributed by atoms with Gasteiger partial charge in [-0.25, -0.2) is 0 Å². The average Bonchev–Trinajstić information content (AvgIpc) is 2.74. The third kappa shape index (κ3) is 7.68. The SMILES string of the molecule is C#CCOc1ccc(C=CC(=O)C=CCCc2ccc(OCC#C)cc2)cc1. The number of ketones is 1. The largest absolute Gasteiger partial charge is 0.481 e. The van der Waals surface area contributed by atoms with Crippen LogP contribution in [0.5, 0.6) is 11.5 Å². The van der Waals surface area contributed by atoms with Gasteiger partial charge in [-0.1, -0.05) is 48.3 Å². The lowest BCUT2D eigenvalue weighted by Crippen LogP contribution is -1.93. The molecule has 0 N–H and O–H groups in total. The van der Waals surface area contributed by atoms with Gasteiger partial charge in [0, 0.05) is 0 Å². The third-order valence-corrected chi connectivity index (χ3v) is 3.77. The van der Waals surface area contributed by atoms with E-state index in [1.54, 1.807) is 18.2 Å². The van der Waals surface area contributed by atoms with E-state index in [4.69, 9.17) is 22.3 Å². The Hall–Kier alpha value is -3.69. The summed E-state index contributed by atoms with van der Waals surface area (Å²) >= 11 is 0. The lowest BCUT2D eigenvalue weighted by atomic mass is 10.1. The second-order valence-corrected chi connectivity index (χ2v) is 5.88. The zero-order valence-corrected chi connectivity index (χ0v) is 15.6. The number of carbonyl (C=O) groups excluding carboxylic acids is 1. The van der Waals surface area contributed by atoms with Crippen LogP contribution in [0.15, 0.2) is 66.8 Å². The highest BCUT2D eigenvalue weighted by Gasteiger charge is 1.96. The molecule has 140 valence electrons. The third-order valence-electron chi connectivity index (χ3n) is 3.77. The summed E-state index contributed by atoms with van der Waals surface area (Å²) in [6, 6.07) is 15.2. The maximum atomic E-state index is 11.9. The average molecular weight is 370 g/mol. The monoisotopic (exact) mass is 370 g/mol. The summed E-state index contributed by atoms with van der Waals surface area (Å²) in [5, 5.41) is 0. The molecule has 0 bridgehead atoms. The fourth-order valence-electron chi connectivity index (χ4n) is 2.36. The van der Waals surface area contributed by atoms with Crippen molar-refractivity contribution in [3.05, 3.63) is 77.9 Å². The van der Waals surface area contributed by atoms with Crippen molar-refractivity contribution in [2.24, 2.45) is 0 Å². The first-order valence-corrected chi connectivity index (χ1v) is 8.91. The van der Waals surface area contributed by atoms with Crippen LogP contribution >= 0.6 is 0 Å². The molecule has 0 spiro atoms. The standard InChI is InChI=1S/C25H22O3/c1-3-19-27-24-15-10-21(11-16-24)7-5-6-8-23(26)14-9-22-12-17-25(18-13-22)28-20-4-2/h1-2,6,8-18H,5,7,19-20H2. The maximum Gasteiger partial charge on any atom is 0.178 e. The number of terminal acetylenes is 2. The van der Waals surface area contributed by atoms with Crippen LogP contribution in [0.2, 0.25) is 0 Å². The fraction of sp³-hybridized carbons (Fsp3) is 0.160. The molecule has 0 aromatic heterocycles. The molecule has 28 heavy (non-hydrogen) atoms. The van der Waals surface area contributed by atoms with Gasteiger partial charge in [-0.3, -0.25) is 4.79 Å². The van der Waals surface area contributed by atoms with Crippen molar-refractivity contribution < 1.29 is 14.3 Å².